The van der Waals surface area contributed by atoms with E-state index in [0.29, 0.717) is 0 Å². The molecule has 80 heavy (non-hydrogen) atoms. The first kappa shape index (κ1) is 45.0. The van der Waals surface area contributed by atoms with Crippen molar-refractivity contribution in [3.8, 4) is 50.6 Å². The summed E-state index contributed by atoms with van der Waals surface area (Å²) in [6.07, 6.45) is 0. The zero-order valence-electron chi connectivity index (χ0n) is 44.2. The van der Waals surface area contributed by atoms with Crippen molar-refractivity contribution in [3.05, 3.63) is 300 Å². The summed E-state index contributed by atoms with van der Waals surface area (Å²) in [7, 11) is 0. The van der Waals surface area contributed by atoms with Crippen LogP contribution in [0.25, 0.3) is 60.9 Å². The Bertz CT molecular complexity index is 4700. The highest BCUT2D eigenvalue weighted by molar-refractivity contribution is 7.00. The molecule has 5 heteroatoms. The Kier molecular flexibility index (Phi) is 9.53. The molecule has 0 fully saturated rings. The van der Waals surface area contributed by atoms with Crippen molar-refractivity contribution < 1.29 is 4.74 Å². The molecule has 0 bridgehead atoms. The Labute approximate surface area is 465 Å². The third-order valence-corrected chi connectivity index (χ3v) is 17.7. The fourth-order valence-electron chi connectivity index (χ4n) is 14.6. The van der Waals surface area contributed by atoms with Gasteiger partial charge < -0.3 is 19.1 Å². The van der Waals surface area contributed by atoms with Crippen molar-refractivity contribution in [1.82, 2.24) is 4.57 Å². The number of anilines is 6. The van der Waals surface area contributed by atoms with Crippen LogP contribution in [0.3, 0.4) is 0 Å². The molecule has 1 aliphatic carbocycles. The molecule has 1 spiro atoms. The van der Waals surface area contributed by atoms with E-state index in [4.69, 9.17) is 4.74 Å². The second kappa shape index (κ2) is 17.0. The average molecular weight is 1020 g/mol. The molecule has 374 valence electrons. The van der Waals surface area contributed by atoms with E-state index in [1.165, 1.54) is 94.1 Å². The maximum Gasteiger partial charge on any atom is 0.252 e. The van der Waals surface area contributed by atoms with Crippen LogP contribution < -0.4 is 30.9 Å². The van der Waals surface area contributed by atoms with Crippen LogP contribution in [0.4, 0.5) is 34.1 Å². The van der Waals surface area contributed by atoms with Gasteiger partial charge in [0.25, 0.3) is 6.71 Å². The maximum atomic E-state index is 7.47. The van der Waals surface area contributed by atoms with Crippen LogP contribution in [0.2, 0.25) is 0 Å². The van der Waals surface area contributed by atoms with E-state index in [9.17, 15) is 0 Å². The quantitative estimate of drug-likeness (QED) is 0.160. The zero-order valence-corrected chi connectivity index (χ0v) is 44.2. The molecule has 1 atom stereocenters. The zero-order chi connectivity index (χ0) is 52.8. The SMILES string of the molecule is Cc1ccc2c(c1)B1c3cc4c(cc3N(c3ccccc3-c3ccccc3)c3cc(C)cc(c31)N2c1ccccc1-c1ccccc1)Oc1ccccc1[C@@]41c2ccccc2-c2ccc(-n3c4ccccc4c4ccccc43)cc21. The summed E-state index contributed by atoms with van der Waals surface area (Å²) in [5.74, 6) is 1.71. The van der Waals surface area contributed by atoms with Crippen molar-refractivity contribution >= 4 is 79.0 Å². The largest absolute Gasteiger partial charge is 0.457 e. The van der Waals surface area contributed by atoms with Gasteiger partial charge >= 0.3 is 0 Å². The minimum Gasteiger partial charge on any atom is -0.457 e. The lowest BCUT2D eigenvalue weighted by Crippen LogP contribution is -2.61. The van der Waals surface area contributed by atoms with E-state index in [-0.39, 0.29) is 6.71 Å². The minimum atomic E-state index is -0.756. The van der Waals surface area contributed by atoms with Crippen molar-refractivity contribution in [1.29, 1.82) is 0 Å². The van der Waals surface area contributed by atoms with Gasteiger partial charge in [0.1, 0.15) is 11.5 Å². The molecule has 4 nitrogen and oxygen atoms in total. The highest BCUT2D eigenvalue weighted by atomic mass is 16.5. The Morgan fingerprint density at radius 2 is 0.875 bits per heavy atom. The van der Waals surface area contributed by atoms with E-state index in [2.05, 4.69) is 295 Å². The highest BCUT2D eigenvalue weighted by Crippen LogP contribution is 2.63. The van der Waals surface area contributed by atoms with Crippen molar-refractivity contribution in [2.24, 2.45) is 0 Å². The van der Waals surface area contributed by atoms with E-state index in [1.807, 2.05) is 0 Å². The summed E-state index contributed by atoms with van der Waals surface area (Å²) < 4.78 is 9.94. The molecule has 3 aliphatic heterocycles. The molecule has 13 aromatic rings. The van der Waals surface area contributed by atoms with Gasteiger partial charge in [-0.25, -0.2) is 0 Å². The minimum absolute atomic E-state index is 0.148. The van der Waals surface area contributed by atoms with Gasteiger partial charge in [-0.05, 0) is 130 Å². The van der Waals surface area contributed by atoms with Crippen LogP contribution in [-0.4, -0.2) is 11.3 Å². The number of benzene rings is 12. The predicted molar refractivity (Wildman–Crippen MR) is 333 cm³/mol. The fourth-order valence-corrected chi connectivity index (χ4v) is 14.6. The van der Waals surface area contributed by atoms with Crippen molar-refractivity contribution in [2.45, 2.75) is 19.3 Å². The predicted octanol–water partition coefficient (Wildman–Crippen LogP) is 17.3. The Balaban J connectivity index is 0.992. The van der Waals surface area contributed by atoms with Gasteiger partial charge in [0.15, 0.2) is 0 Å². The number of hydrogen-bond donors (Lipinski definition) is 0. The molecule has 4 aliphatic rings. The topological polar surface area (TPSA) is 20.6 Å². The summed E-state index contributed by atoms with van der Waals surface area (Å²) in [5.41, 5.74) is 27.7. The number of fused-ring (bicyclic) bond motifs is 16. The normalized spacial score (nSPS) is 14.9. The smallest absolute Gasteiger partial charge is 0.252 e. The van der Waals surface area contributed by atoms with Gasteiger partial charge in [0, 0.05) is 67.5 Å². The third kappa shape index (κ3) is 6.17. The molecule has 4 heterocycles. The number of aryl methyl sites for hydroxylation is 2. The van der Waals surface area contributed by atoms with Crippen LogP contribution in [0.1, 0.15) is 33.4 Å². The van der Waals surface area contributed by atoms with Crippen LogP contribution in [0.5, 0.6) is 11.5 Å². The van der Waals surface area contributed by atoms with E-state index >= 15 is 0 Å². The number of para-hydroxylation sites is 5. The van der Waals surface area contributed by atoms with Crippen LogP contribution in [0, 0.1) is 13.8 Å². The first-order valence-corrected chi connectivity index (χ1v) is 27.9. The monoisotopic (exact) mass is 1020 g/mol. The summed E-state index contributed by atoms with van der Waals surface area (Å²) >= 11 is 0. The summed E-state index contributed by atoms with van der Waals surface area (Å²) in [6.45, 7) is 4.35. The van der Waals surface area contributed by atoms with Crippen LogP contribution in [0.15, 0.2) is 267 Å². The lowest BCUT2D eigenvalue weighted by Gasteiger charge is -2.46. The molecule has 12 aromatic carbocycles. The number of hydrogen-bond acceptors (Lipinski definition) is 3. The Hall–Kier alpha value is -10.1. The van der Waals surface area contributed by atoms with Gasteiger partial charge in [-0.3, -0.25) is 0 Å². The molecule has 0 unspecified atom stereocenters. The van der Waals surface area contributed by atoms with E-state index in [1.54, 1.807) is 0 Å². The van der Waals surface area contributed by atoms with Gasteiger partial charge in [-0.2, -0.15) is 0 Å². The van der Waals surface area contributed by atoms with Crippen molar-refractivity contribution in [2.75, 3.05) is 9.80 Å². The Morgan fingerprint density at radius 3 is 1.55 bits per heavy atom. The average Bonchev–Trinajstić information content (AvgIpc) is 2.69. The lowest BCUT2D eigenvalue weighted by atomic mass is 9.33. The molecule has 1 aromatic heterocycles. The third-order valence-electron chi connectivity index (χ3n) is 17.7. The summed E-state index contributed by atoms with van der Waals surface area (Å²) in [4.78, 5) is 5.13. The second-order valence-corrected chi connectivity index (χ2v) is 22.0. The first-order chi connectivity index (χ1) is 39.5. The Morgan fingerprint density at radius 1 is 0.338 bits per heavy atom. The molecule has 0 N–H and O–H groups in total. The summed E-state index contributed by atoms with van der Waals surface area (Å²) in [5, 5.41) is 2.49. The van der Waals surface area contributed by atoms with Crippen LogP contribution in [-0.2, 0) is 5.41 Å². The second-order valence-electron chi connectivity index (χ2n) is 22.0. The number of nitrogens with zero attached hydrogens (tertiary/aromatic N) is 3. The standard InChI is InChI=1S/C75H50BN3O/c1-47-37-40-68-62(41-47)76-63-45-61-73(80-72-36-20-15-31-59(72)75(61)58-30-14-9-27-54(58)55-39-38-51(44-60(55)75)77-66-34-18-12-28-56(66)57-29-13-19-35-67(57)77)46-69(63)79(65-33-17-11-26-53(65)50-23-7-4-8-24-50)71-43-48(2)42-70(74(71)76)78(68)64-32-16-10-25-52(64)49-21-5-3-6-22-49/h3-46H,1-2H3/t75-/m1/s1. The molecule has 0 saturated heterocycles. The molecule has 0 saturated carbocycles. The first-order valence-electron chi connectivity index (χ1n) is 27.9. The van der Waals surface area contributed by atoms with Gasteiger partial charge in [0.2, 0.25) is 0 Å². The number of aromatic nitrogens is 1. The van der Waals surface area contributed by atoms with E-state index in [0.717, 1.165) is 62.2 Å². The molecule has 0 amide bonds. The van der Waals surface area contributed by atoms with Gasteiger partial charge in [-0.1, -0.05) is 206 Å². The van der Waals surface area contributed by atoms with E-state index < -0.39 is 5.41 Å². The summed E-state index contributed by atoms with van der Waals surface area (Å²) in [6, 6.07) is 99.4. The highest BCUT2D eigenvalue weighted by Gasteiger charge is 2.53. The number of rotatable bonds is 5. The number of ether oxygens (including phenoxy) is 1. The maximum absolute atomic E-state index is 7.47. The molecule has 17 rings (SSSR count). The molecular weight excluding hydrogens is 970 g/mol. The molecule has 0 radical (unpaired) electrons. The van der Waals surface area contributed by atoms with Crippen molar-refractivity contribution in [3.63, 3.8) is 0 Å². The van der Waals surface area contributed by atoms with Crippen LogP contribution >= 0.6 is 0 Å². The fraction of sp³-hybridized carbons (Fsp3) is 0.0400. The van der Waals surface area contributed by atoms with Gasteiger partial charge in [0.05, 0.1) is 27.8 Å². The molecular formula is C75H50BN3O. The lowest BCUT2D eigenvalue weighted by molar-refractivity contribution is 0.436. The van der Waals surface area contributed by atoms with Gasteiger partial charge in [-0.15, -0.1) is 0 Å².